The maximum atomic E-state index is 5.85. The van der Waals surface area contributed by atoms with Crippen LogP contribution >= 0.6 is 0 Å². The van der Waals surface area contributed by atoms with Crippen LogP contribution in [0.15, 0.2) is 30.6 Å². The van der Waals surface area contributed by atoms with Gasteiger partial charge in [0.1, 0.15) is 11.6 Å². The lowest BCUT2D eigenvalue weighted by Gasteiger charge is -2.09. The van der Waals surface area contributed by atoms with Crippen molar-refractivity contribution in [1.82, 2.24) is 9.97 Å². The molecular formula is C13H16N4O. The van der Waals surface area contributed by atoms with E-state index in [1.54, 1.807) is 19.5 Å². The number of ether oxygens (including phenoxy) is 1. The lowest BCUT2D eigenvalue weighted by Crippen LogP contribution is -2.04. The summed E-state index contributed by atoms with van der Waals surface area (Å²) in [5.74, 6) is 1.47. The second-order valence-corrected chi connectivity index (χ2v) is 3.92. The Hall–Kier alpha value is -2.30. The number of nitrogens with two attached hydrogens (primary N) is 1. The summed E-state index contributed by atoms with van der Waals surface area (Å²) in [6.07, 6.45) is 3.34. The Kier molecular flexibility index (Phi) is 3.62. The summed E-state index contributed by atoms with van der Waals surface area (Å²) in [4.78, 5) is 8.39. The molecule has 0 saturated heterocycles. The highest BCUT2D eigenvalue weighted by Crippen LogP contribution is 2.22. The first kappa shape index (κ1) is 12.2. The molecule has 0 aliphatic heterocycles. The predicted molar refractivity (Wildman–Crippen MR) is 71.5 cm³/mol. The molecule has 1 aromatic heterocycles. The van der Waals surface area contributed by atoms with Crippen molar-refractivity contribution in [2.75, 3.05) is 18.2 Å². The highest BCUT2D eigenvalue weighted by atomic mass is 16.5. The van der Waals surface area contributed by atoms with Crippen LogP contribution < -0.4 is 15.8 Å². The molecule has 5 heteroatoms. The molecule has 18 heavy (non-hydrogen) atoms. The zero-order valence-electron chi connectivity index (χ0n) is 10.5. The number of benzene rings is 1. The summed E-state index contributed by atoms with van der Waals surface area (Å²) in [6.45, 7) is 2.56. The van der Waals surface area contributed by atoms with Crippen LogP contribution in [-0.2, 0) is 6.54 Å². The fourth-order valence-electron chi connectivity index (χ4n) is 1.66. The molecule has 94 valence electrons. The number of nitrogens with zero attached hydrogens (tertiary/aromatic N) is 2. The topological polar surface area (TPSA) is 73.1 Å². The maximum Gasteiger partial charge on any atom is 0.147 e. The van der Waals surface area contributed by atoms with Gasteiger partial charge in [0.25, 0.3) is 0 Å². The quantitative estimate of drug-likeness (QED) is 0.805. The molecule has 0 unspecified atom stereocenters. The average Bonchev–Trinajstić information content (AvgIpc) is 2.38. The first-order chi connectivity index (χ1) is 8.70. The molecule has 0 bridgehead atoms. The van der Waals surface area contributed by atoms with Crippen LogP contribution in [0.4, 0.5) is 11.5 Å². The third-order valence-corrected chi connectivity index (χ3v) is 2.64. The van der Waals surface area contributed by atoms with Gasteiger partial charge in [-0.15, -0.1) is 0 Å². The van der Waals surface area contributed by atoms with Crippen molar-refractivity contribution in [3.8, 4) is 5.75 Å². The smallest absolute Gasteiger partial charge is 0.147 e. The van der Waals surface area contributed by atoms with Crippen molar-refractivity contribution in [3.05, 3.63) is 41.9 Å². The third kappa shape index (κ3) is 2.68. The zero-order valence-corrected chi connectivity index (χ0v) is 10.5. The minimum absolute atomic E-state index is 0.632. The molecule has 0 fully saturated rings. The number of aromatic nitrogens is 2. The Morgan fingerprint density at radius 3 is 2.72 bits per heavy atom. The number of anilines is 2. The molecule has 2 rings (SSSR count). The molecule has 2 aromatic rings. The van der Waals surface area contributed by atoms with Gasteiger partial charge >= 0.3 is 0 Å². The zero-order chi connectivity index (χ0) is 13.0. The fraction of sp³-hybridized carbons (Fsp3) is 0.231. The number of hydrogen-bond donors (Lipinski definition) is 2. The molecule has 1 heterocycles. The van der Waals surface area contributed by atoms with E-state index in [2.05, 4.69) is 15.3 Å². The van der Waals surface area contributed by atoms with Gasteiger partial charge < -0.3 is 15.8 Å². The normalized spacial score (nSPS) is 10.1. The van der Waals surface area contributed by atoms with Crippen LogP contribution in [0.1, 0.15) is 11.3 Å². The van der Waals surface area contributed by atoms with Gasteiger partial charge in [-0.05, 0) is 24.6 Å². The lowest BCUT2D eigenvalue weighted by molar-refractivity contribution is 0.417. The number of nitrogens with one attached hydrogen (secondary N) is 1. The predicted octanol–water partition coefficient (Wildman–Crippen LogP) is 1.99. The van der Waals surface area contributed by atoms with E-state index in [0.29, 0.717) is 18.0 Å². The number of rotatable bonds is 4. The minimum Gasteiger partial charge on any atom is -0.495 e. The second-order valence-electron chi connectivity index (χ2n) is 3.92. The first-order valence-electron chi connectivity index (χ1n) is 5.64. The van der Waals surface area contributed by atoms with Gasteiger partial charge in [-0.25, -0.2) is 4.98 Å². The Bertz CT molecular complexity index is 542. The third-order valence-electron chi connectivity index (χ3n) is 2.64. The van der Waals surface area contributed by atoms with Gasteiger partial charge in [-0.2, -0.15) is 0 Å². The molecule has 0 amide bonds. The van der Waals surface area contributed by atoms with E-state index in [9.17, 15) is 0 Å². The first-order valence-corrected chi connectivity index (χ1v) is 5.64. The maximum absolute atomic E-state index is 5.85. The Morgan fingerprint density at radius 2 is 2.06 bits per heavy atom. The number of hydrogen-bond acceptors (Lipinski definition) is 5. The Morgan fingerprint density at radius 1 is 1.28 bits per heavy atom. The second kappa shape index (κ2) is 5.35. The molecule has 3 N–H and O–H groups in total. The SMILES string of the molecule is COc1ccc(CNc2nccnc2C)cc1N. The number of methoxy groups -OCH3 is 1. The van der Waals surface area contributed by atoms with Crippen molar-refractivity contribution >= 4 is 11.5 Å². The van der Waals surface area contributed by atoms with Gasteiger partial charge in [0, 0.05) is 18.9 Å². The summed E-state index contributed by atoms with van der Waals surface area (Å²) in [5, 5.41) is 3.22. The molecule has 1 aromatic carbocycles. The van der Waals surface area contributed by atoms with E-state index in [1.165, 1.54) is 0 Å². The molecular weight excluding hydrogens is 228 g/mol. The van der Waals surface area contributed by atoms with Gasteiger partial charge in [-0.3, -0.25) is 4.98 Å². The fourth-order valence-corrected chi connectivity index (χ4v) is 1.66. The summed E-state index contributed by atoms with van der Waals surface area (Å²) >= 11 is 0. The molecule has 0 saturated carbocycles. The summed E-state index contributed by atoms with van der Waals surface area (Å²) in [5.41, 5.74) is 8.42. The van der Waals surface area contributed by atoms with E-state index < -0.39 is 0 Å². The van der Waals surface area contributed by atoms with Gasteiger partial charge in [0.2, 0.25) is 0 Å². The minimum atomic E-state index is 0.632. The molecule has 0 aliphatic carbocycles. The van der Waals surface area contributed by atoms with Crippen LogP contribution in [-0.4, -0.2) is 17.1 Å². The van der Waals surface area contributed by atoms with E-state index in [-0.39, 0.29) is 0 Å². The summed E-state index contributed by atoms with van der Waals surface area (Å²) in [6, 6.07) is 5.71. The van der Waals surface area contributed by atoms with E-state index in [1.807, 2.05) is 25.1 Å². The van der Waals surface area contributed by atoms with Gasteiger partial charge in [0.15, 0.2) is 0 Å². The standard InChI is InChI=1S/C13H16N4O/c1-9-13(16-6-5-15-9)17-8-10-3-4-12(18-2)11(14)7-10/h3-7H,8,14H2,1-2H3,(H,16,17). The Balaban J connectivity index is 2.07. The van der Waals surface area contributed by atoms with Crippen LogP contribution in [0.2, 0.25) is 0 Å². The average molecular weight is 244 g/mol. The molecule has 0 aliphatic rings. The number of nitrogen functional groups attached to an aromatic ring is 1. The van der Waals surface area contributed by atoms with E-state index >= 15 is 0 Å². The van der Waals surface area contributed by atoms with Crippen molar-refractivity contribution in [1.29, 1.82) is 0 Å². The van der Waals surface area contributed by atoms with Crippen molar-refractivity contribution in [2.45, 2.75) is 13.5 Å². The molecule has 0 spiro atoms. The summed E-state index contributed by atoms with van der Waals surface area (Å²) in [7, 11) is 1.60. The molecule has 5 nitrogen and oxygen atoms in total. The van der Waals surface area contributed by atoms with E-state index in [4.69, 9.17) is 10.5 Å². The van der Waals surface area contributed by atoms with Crippen LogP contribution in [0.25, 0.3) is 0 Å². The molecule has 0 radical (unpaired) electrons. The number of aryl methyl sites for hydroxylation is 1. The van der Waals surface area contributed by atoms with Gasteiger partial charge in [0.05, 0.1) is 18.5 Å². The Labute approximate surface area is 106 Å². The molecule has 0 atom stereocenters. The van der Waals surface area contributed by atoms with Crippen LogP contribution in [0, 0.1) is 6.92 Å². The van der Waals surface area contributed by atoms with Crippen molar-refractivity contribution in [2.24, 2.45) is 0 Å². The highest BCUT2D eigenvalue weighted by molar-refractivity contribution is 5.54. The lowest BCUT2D eigenvalue weighted by atomic mass is 10.2. The van der Waals surface area contributed by atoms with Gasteiger partial charge in [-0.1, -0.05) is 6.07 Å². The van der Waals surface area contributed by atoms with E-state index in [0.717, 1.165) is 17.1 Å². The monoisotopic (exact) mass is 244 g/mol. The van der Waals surface area contributed by atoms with Crippen molar-refractivity contribution < 1.29 is 4.74 Å². The van der Waals surface area contributed by atoms with Crippen molar-refractivity contribution in [3.63, 3.8) is 0 Å². The largest absolute Gasteiger partial charge is 0.495 e. The summed E-state index contributed by atoms with van der Waals surface area (Å²) < 4.78 is 5.11. The highest BCUT2D eigenvalue weighted by Gasteiger charge is 2.02. The van der Waals surface area contributed by atoms with Crippen LogP contribution in [0.3, 0.4) is 0 Å². The van der Waals surface area contributed by atoms with Crippen LogP contribution in [0.5, 0.6) is 5.75 Å².